The van der Waals surface area contributed by atoms with Crippen molar-refractivity contribution < 1.29 is 34.5 Å². The fraction of sp³-hybridized carbons (Fsp3) is 0.524. The lowest BCUT2D eigenvalue weighted by Crippen LogP contribution is -2.59. The highest BCUT2D eigenvalue weighted by Gasteiger charge is 2.32. The van der Waals surface area contributed by atoms with Crippen molar-refractivity contribution in [2.45, 2.75) is 63.4 Å². The standard InChI is InChI=1S/C21H30N4O7/c1-11(23-19(29)15-4-3-9-22-15)18(28)25-17(12(2)26)20(30)24-16(21(31)32)10-13-5-7-14(27)8-6-13/h5-8,11-12,15-17,22,26-27H,3-4,9-10H2,1-2H3,(H,23,29)(H,24,30)(H,25,28)(H,31,32). The summed E-state index contributed by atoms with van der Waals surface area (Å²) < 4.78 is 0. The number of hydrogen-bond donors (Lipinski definition) is 7. The molecule has 0 saturated carbocycles. The lowest BCUT2D eigenvalue weighted by atomic mass is 10.0. The summed E-state index contributed by atoms with van der Waals surface area (Å²) in [5.74, 6) is -3.18. The molecule has 11 nitrogen and oxygen atoms in total. The van der Waals surface area contributed by atoms with Crippen molar-refractivity contribution in [2.75, 3.05) is 6.54 Å². The summed E-state index contributed by atoms with van der Waals surface area (Å²) in [5, 5.41) is 39.1. The lowest BCUT2D eigenvalue weighted by Gasteiger charge is -2.25. The Kier molecular flexibility index (Phi) is 8.97. The van der Waals surface area contributed by atoms with Crippen LogP contribution in [0.5, 0.6) is 5.75 Å². The van der Waals surface area contributed by atoms with Gasteiger partial charge in [0, 0.05) is 6.42 Å². The third-order valence-electron chi connectivity index (χ3n) is 5.18. The van der Waals surface area contributed by atoms with Crippen molar-refractivity contribution in [3.8, 4) is 5.75 Å². The van der Waals surface area contributed by atoms with Crippen LogP contribution >= 0.6 is 0 Å². The number of phenols is 1. The molecule has 1 heterocycles. The zero-order valence-corrected chi connectivity index (χ0v) is 18.0. The molecule has 2 rings (SSSR count). The summed E-state index contributed by atoms with van der Waals surface area (Å²) in [6.07, 6.45) is 0.137. The van der Waals surface area contributed by atoms with Gasteiger partial charge < -0.3 is 36.6 Å². The van der Waals surface area contributed by atoms with Crippen molar-refractivity contribution in [3.05, 3.63) is 29.8 Å². The van der Waals surface area contributed by atoms with Crippen LogP contribution in [-0.4, -0.2) is 75.8 Å². The number of nitrogens with one attached hydrogen (secondary N) is 4. The first-order valence-electron chi connectivity index (χ1n) is 10.4. The van der Waals surface area contributed by atoms with Gasteiger partial charge in [-0.25, -0.2) is 4.79 Å². The molecule has 0 aromatic heterocycles. The van der Waals surface area contributed by atoms with E-state index < -0.39 is 42.0 Å². The fourth-order valence-corrected chi connectivity index (χ4v) is 3.30. The van der Waals surface area contributed by atoms with E-state index in [9.17, 15) is 34.5 Å². The summed E-state index contributed by atoms with van der Waals surface area (Å²) in [4.78, 5) is 48.9. The first-order valence-corrected chi connectivity index (χ1v) is 10.4. The highest BCUT2D eigenvalue weighted by atomic mass is 16.4. The average molecular weight is 450 g/mol. The van der Waals surface area contributed by atoms with Gasteiger partial charge in [-0.3, -0.25) is 14.4 Å². The highest BCUT2D eigenvalue weighted by Crippen LogP contribution is 2.12. The molecule has 0 spiro atoms. The first-order chi connectivity index (χ1) is 15.1. The van der Waals surface area contributed by atoms with Crippen molar-refractivity contribution in [2.24, 2.45) is 0 Å². The van der Waals surface area contributed by atoms with Gasteiger partial charge in [0.1, 0.15) is 23.9 Å². The van der Waals surface area contributed by atoms with Crippen LogP contribution in [-0.2, 0) is 25.6 Å². The van der Waals surface area contributed by atoms with E-state index >= 15 is 0 Å². The minimum Gasteiger partial charge on any atom is -0.508 e. The van der Waals surface area contributed by atoms with E-state index in [1.54, 1.807) is 0 Å². The van der Waals surface area contributed by atoms with Crippen molar-refractivity contribution in [1.82, 2.24) is 21.3 Å². The van der Waals surface area contributed by atoms with Crippen LogP contribution in [0.4, 0.5) is 0 Å². The van der Waals surface area contributed by atoms with E-state index in [-0.39, 0.29) is 24.1 Å². The molecule has 1 fully saturated rings. The molecule has 176 valence electrons. The Balaban J connectivity index is 1.98. The highest BCUT2D eigenvalue weighted by molar-refractivity contribution is 5.94. The molecular weight excluding hydrogens is 420 g/mol. The molecule has 1 aliphatic heterocycles. The topological polar surface area (TPSA) is 177 Å². The van der Waals surface area contributed by atoms with Crippen LogP contribution in [0.1, 0.15) is 32.3 Å². The normalized spacial score (nSPS) is 19.3. The number of benzene rings is 1. The number of carboxylic acids is 1. The van der Waals surface area contributed by atoms with Crippen molar-refractivity contribution in [3.63, 3.8) is 0 Å². The Morgan fingerprint density at radius 3 is 2.25 bits per heavy atom. The van der Waals surface area contributed by atoms with Crippen LogP contribution in [0.25, 0.3) is 0 Å². The summed E-state index contributed by atoms with van der Waals surface area (Å²) in [5.41, 5.74) is 0.560. The smallest absolute Gasteiger partial charge is 0.326 e. The van der Waals surface area contributed by atoms with Gasteiger partial charge in [0.25, 0.3) is 0 Å². The average Bonchev–Trinajstić information content (AvgIpc) is 3.27. The van der Waals surface area contributed by atoms with Crippen molar-refractivity contribution >= 4 is 23.7 Å². The Morgan fingerprint density at radius 1 is 1.06 bits per heavy atom. The molecule has 11 heteroatoms. The molecule has 0 radical (unpaired) electrons. The maximum Gasteiger partial charge on any atom is 0.326 e. The number of carboxylic acid groups (broad SMARTS) is 1. The fourth-order valence-electron chi connectivity index (χ4n) is 3.30. The van der Waals surface area contributed by atoms with E-state index in [2.05, 4.69) is 21.3 Å². The minimum atomic E-state index is -1.42. The molecule has 1 aromatic carbocycles. The second-order valence-electron chi connectivity index (χ2n) is 7.88. The van der Waals surface area contributed by atoms with Crippen LogP contribution in [0.15, 0.2) is 24.3 Å². The largest absolute Gasteiger partial charge is 0.508 e. The van der Waals surface area contributed by atoms with Gasteiger partial charge in [-0.1, -0.05) is 12.1 Å². The van der Waals surface area contributed by atoms with E-state index in [1.807, 2.05) is 0 Å². The molecule has 32 heavy (non-hydrogen) atoms. The number of hydrogen-bond acceptors (Lipinski definition) is 7. The molecule has 5 unspecified atom stereocenters. The molecule has 5 atom stereocenters. The maximum absolute atomic E-state index is 12.6. The second kappa shape index (κ2) is 11.4. The van der Waals surface area contributed by atoms with Crippen LogP contribution in [0.3, 0.4) is 0 Å². The molecule has 3 amide bonds. The van der Waals surface area contributed by atoms with Crippen LogP contribution in [0, 0.1) is 0 Å². The molecule has 0 aliphatic carbocycles. The number of carbonyl (C=O) groups excluding carboxylic acids is 3. The Bertz CT molecular complexity index is 822. The summed E-state index contributed by atoms with van der Waals surface area (Å²) >= 11 is 0. The Morgan fingerprint density at radius 2 is 1.72 bits per heavy atom. The van der Waals surface area contributed by atoms with Gasteiger partial charge in [-0.2, -0.15) is 0 Å². The van der Waals surface area contributed by atoms with Crippen molar-refractivity contribution in [1.29, 1.82) is 0 Å². The number of phenolic OH excluding ortho intramolecular Hbond substituents is 1. The second-order valence-corrected chi connectivity index (χ2v) is 7.88. The van der Waals surface area contributed by atoms with Gasteiger partial charge in [-0.05, 0) is 50.9 Å². The number of aromatic hydroxyl groups is 1. The summed E-state index contributed by atoms with van der Waals surface area (Å²) in [6.45, 7) is 3.45. The van der Waals surface area contributed by atoms with Crippen LogP contribution < -0.4 is 21.3 Å². The zero-order valence-electron chi connectivity index (χ0n) is 18.0. The monoisotopic (exact) mass is 450 g/mol. The van der Waals surface area contributed by atoms with Gasteiger partial charge in [0.2, 0.25) is 17.7 Å². The third-order valence-corrected chi connectivity index (χ3v) is 5.18. The summed E-state index contributed by atoms with van der Waals surface area (Å²) in [6, 6.07) is 1.74. The van der Waals surface area contributed by atoms with Gasteiger partial charge in [-0.15, -0.1) is 0 Å². The molecule has 1 aliphatic rings. The van der Waals surface area contributed by atoms with Crippen LogP contribution in [0.2, 0.25) is 0 Å². The molecule has 0 bridgehead atoms. The molecule has 1 aromatic rings. The molecule has 7 N–H and O–H groups in total. The van der Waals surface area contributed by atoms with E-state index in [0.29, 0.717) is 12.0 Å². The Hall–Kier alpha value is -3.18. The zero-order chi connectivity index (χ0) is 23.8. The van der Waals surface area contributed by atoms with E-state index in [4.69, 9.17) is 0 Å². The minimum absolute atomic E-state index is 0.0199. The van der Waals surface area contributed by atoms with E-state index in [1.165, 1.54) is 38.1 Å². The Labute approximate surface area is 185 Å². The number of amides is 3. The van der Waals surface area contributed by atoms with Gasteiger partial charge in [0.15, 0.2) is 0 Å². The number of rotatable bonds is 10. The van der Waals surface area contributed by atoms with Gasteiger partial charge in [0.05, 0.1) is 12.1 Å². The predicted octanol–water partition coefficient (Wildman–Crippen LogP) is -1.37. The first kappa shape index (κ1) is 25.1. The maximum atomic E-state index is 12.6. The molecular formula is C21H30N4O7. The SMILES string of the molecule is CC(NC(=O)C1CCCN1)C(=O)NC(C(=O)NC(Cc1ccc(O)cc1)C(=O)O)C(C)O. The number of aliphatic hydroxyl groups is 1. The lowest BCUT2D eigenvalue weighted by molar-refractivity contribution is -0.143. The number of carbonyl (C=O) groups is 4. The van der Waals surface area contributed by atoms with Gasteiger partial charge >= 0.3 is 5.97 Å². The predicted molar refractivity (Wildman–Crippen MR) is 114 cm³/mol. The third kappa shape index (κ3) is 7.20. The quantitative estimate of drug-likeness (QED) is 0.228. The molecule has 1 saturated heterocycles. The number of aliphatic hydroxyl groups excluding tert-OH is 1. The summed E-state index contributed by atoms with van der Waals surface area (Å²) in [7, 11) is 0. The number of aliphatic carboxylic acids is 1. The van der Waals surface area contributed by atoms with E-state index in [0.717, 1.165) is 13.0 Å².